The van der Waals surface area contributed by atoms with Crippen LogP contribution in [0.1, 0.15) is 37.8 Å². The van der Waals surface area contributed by atoms with E-state index in [1.54, 1.807) is 13.8 Å². The van der Waals surface area contributed by atoms with Crippen LogP contribution in [-0.2, 0) is 38.3 Å². The van der Waals surface area contributed by atoms with Crippen molar-refractivity contribution in [2.45, 2.75) is 40.2 Å². The van der Waals surface area contributed by atoms with Gasteiger partial charge in [0, 0.05) is 50.0 Å². The third-order valence-corrected chi connectivity index (χ3v) is 4.93. The second-order valence-electron chi connectivity index (χ2n) is 7.21. The van der Waals surface area contributed by atoms with Crippen molar-refractivity contribution in [3.63, 3.8) is 0 Å². The van der Waals surface area contributed by atoms with Crippen molar-refractivity contribution < 1.29 is 42.3 Å². The summed E-state index contributed by atoms with van der Waals surface area (Å²) in [4.78, 5) is 4.74. The van der Waals surface area contributed by atoms with Gasteiger partial charge in [-0.25, -0.2) is 0 Å². The minimum Gasteiger partial charge on any atom is -0.477 e. The van der Waals surface area contributed by atoms with E-state index in [2.05, 4.69) is 15.8 Å². The predicted octanol–water partition coefficient (Wildman–Crippen LogP) is 4.72. The van der Waals surface area contributed by atoms with E-state index in [0.29, 0.717) is 0 Å². The number of pyridine rings is 1. The van der Waals surface area contributed by atoms with Crippen LogP contribution in [0, 0.1) is 20.4 Å². The second kappa shape index (κ2) is 7.04. The number of aryl methyl sites for hydroxylation is 2. The maximum Gasteiger partial charge on any atom is 0.141 e. The van der Waals surface area contributed by atoms with Gasteiger partial charge in [-0.3, -0.25) is 4.98 Å². The normalized spacial score (nSPS) is 11.8. The fourth-order valence-corrected chi connectivity index (χ4v) is 3.60. The second-order valence-corrected chi connectivity index (χ2v) is 7.21. The van der Waals surface area contributed by atoms with Crippen molar-refractivity contribution in [1.29, 1.82) is 0 Å². The zero-order chi connectivity index (χ0) is 18.6. The Morgan fingerprint density at radius 1 is 1.15 bits per heavy atom. The van der Waals surface area contributed by atoms with E-state index in [-0.39, 0.29) is 32.7 Å². The maximum atomic E-state index is 10.4. The number of fused-ring (bicyclic) bond motifs is 3. The molecule has 0 saturated carbocycles. The summed E-state index contributed by atoms with van der Waals surface area (Å²) in [5.74, 6) is 0.788. The molecule has 0 atom stereocenters. The fraction of sp³-hybridized carbons (Fsp3) is 0.286. The van der Waals surface area contributed by atoms with Crippen molar-refractivity contribution in [3.8, 4) is 11.1 Å². The minimum atomic E-state index is -0.890. The molecule has 3 heterocycles. The zero-order valence-corrected chi connectivity index (χ0v) is 19.1. The third-order valence-electron chi connectivity index (χ3n) is 4.93. The smallest absolute Gasteiger partial charge is 0.141 e. The summed E-state index contributed by atoms with van der Waals surface area (Å²) >= 11 is 0. The summed E-state index contributed by atoms with van der Waals surface area (Å²) in [5, 5.41) is 15.5. The van der Waals surface area contributed by atoms with Gasteiger partial charge in [0.1, 0.15) is 5.76 Å². The Hall–Kier alpha value is -1.69. The first kappa shape index (κ1) is 20.1. The van der Waals surface area contributed by atoms with E-state index < -0.39 is 5.60 Å². The average molecular weight is 437 g/mol. The van der Waals surface area contributed by atoms with Gasteiger partial charge in [0.2, 0.25) is 0 Å². The molecule has 1 N–H and O–H groups in total. The van der Waals surface area contributed by atoms with Gasteiger partial charge in [-0.1, -0.05) is 41.9 Å². The molecular formula is C21H22N3O2Y-. The van der Waals surface area contributed by atoms with E-state index in [1.165, 1.54) is 0 Å². The summed E-state index contributed by atoms with van der Waals surface area (Å²) in [6, 6.07) is 8.16. The molecule has 0 aliphatic heterocycles. The van der Waals surface area contributed by atoms with Crippen LogP contribution in [0.4, 0.5) is 0 Å². The molecule has 3 aromatic heterocycles. The number of hydrogen-bond donors (Lipinski definition) is 1. The Labute approximate surface area is 183 Å². The number of aliphatic hydroxyl groups is 1. The van der Waals surface area contributed by atoms with Gasteiger partial charge in [0.25, 0.3) is 0 Å². The molecule has 0 amide bonds. The molecule has 0 bridgehead atoms. The Kier molecular flexibility index (Phi) is 5.23. The van der Waals surface area contributed by atoms with E-state index >= 15 is 0 Å². The van der Waals surface area contributed by atoms with Crippen molar-refractivity contribution in [3.05, 3.63) is 54.0 Å². The molecule has 4 aromatic rings. The Bertz CT molecular complexity index is 1120. The Morgan fingerprint density at radius 3 is 2.48 bits per heavy atom. The topological polar surface area (TPSA) is 64.1 Å². The Morgan fingerprint density at radius 2 is 1.89 bits per heavy atom. The van der Waals surface area contributed by atoms with Gasteiger partial charge in [0.05, 0.1) is 11.3 Å². The number of nitrogens with zero attached hydrogens (tertiary/aromatic N) is 3. The first-order valence-electron chi connectivity index (χ1n) is 8.70. The van der Waals surface area contributed by atoms with Crippen molar-refractivity contribution in [1.82, 2.24) is 14.7 Å². The SMILES string of the molecule is C[CH-]n1c2cc(C(C)(C)O)ccc2c2ncc(-c3c(C)noc3C)cc21.[Y]. The molecule has 5 nitrogen and oxygen atoms in total. The number of hydrogen-bond acceptors (Lipinski definition) is 4. The standard InChI is InChI=1S/C21H22N3O2.Y/c1-6-24-17-10-15(21(4,5)25)7-8-16(17)20-18(24)9-14(11-22-20)19-12(2)23-26-13(19)3;/h6-11,25H,1-5H3;/q-1;. The zero-order valence-electron chi connectivity index (χ0n) is 16.2. The van der Waals surface area contributed by atoms with Crippen LogP contribution in [0.3, 0.4) is 0 Å². The minimum absolute atomic E-state index is 0. The summed E-state index contributed by atoms with van der Waals surface area (Å²) in [6.07, 6.45) is 1.87. The molecular weight excluding hydrogens is 415 g/mol. The van der Waals surface area contributed by atoms with Crippen LogP contribution in [0.25, 0.3) is 33.1 Å². The molecule has 0 saturated heterocycles. The molecule has 137 valence electrons. The van der Waals surface area contributed by atoms with Gasteiger partial charge in [-0.15, -0.1) is 6.54 Å². The van der Waals surface area contributed by atoms with E-state index in [9.17, 15) is 5.11 Å². The number of rotatable bonds is 3. The molecule has 0 fully saturated rings. The summed E-state index contributed by atoms with van der Waals surface area (Å²) in [6.45, 7) is 11.5. The summed E-state index contributed by atoms with van der Waals surface area (Å²) in [5.41, 5.74) is 5.82. The van der Waals surface area contributed by atoms with Crippen molar-refractivity contribution in [2.75, 3.05) is 0 Å². The van der Waals surface area contributed by atoms with Gasteiger partial charge < -0.3 is 14.2 Å². The van der Waals surface area contributed by atoms with Gasteiger partial charge in [-0.2, -0.15) is 0 Å². The van der Waals surface area contributed by atoms with Gasteiger partial charge >= 0.3 is 0 Å². The van der Waals surface area contributed by atoms with Crippen LogP contribution >= 0.6 is 0 Å². The molecule has 6 heteroatoms. The van der Waals surface area contributed by atoms with E-state index in [1.807, 2.05) is 51.7 Å². The van der Waals surface area contributed by atoms with E-state index in [4.69, 9.17) is 9.51 Å². The molecule has 0 aliphatic carbocycles. The largest absolute Gasteiger partial charge is 0.477 e. The van der Waals surface area contributed by atoms with Gasteiger partial charge in [0.15, 0.2) is 0 Å². The van der Waals surface area contributed by atoms with Crippen molar-refractivity contribution in [2.24, 2.45) is 0 Å². The first-order valence-corrected chi connectivity index (χ1v) is 8.70. The molecule has 0 spiro atoms. The maximum absolute atomic E-state index is 10.4. The Balaban J connectivity index is 0.00000210. The molecule has 4 rings (SSSR count). The number of aromatic nitrogens is 3. The first-order chi connectivity index (χ1) is 12.3. The van der Waals surface area contributed by atoms with Crippen molar-refractivity contribution >= 4 is 21.9 Å². The molecule has 27 heavy (non-hydrogen) atoms. The monoisotopic (exact) mass is 437 g/mol. The van der Waals surface area contributed by atoms with Crippen LogP contribution < -0.4 is 0 Å². The van der Waals surface area contributed by atoms with Crippen LogP contribution in [0.5, 0.6) is 0 Å². The van der Waals surface area contributed by atoms with Crippen LogP contribution in [0.15, 0.2) is 35.0 Å². The third kappa shape index (κ3) is 3.22. The summed E-state index contributed by atoms with van der Waals surface area (Å²) in [7, 11) is 0. The quantitative estimate of drug-likeness (QED) is 0.472. The van der Waals surface area contributed by atoms with E-state index in [0.717, 1.165) is 50.1 Å². The fourth-order valence-electron chi connectivity index (χ4n) is 3.60. The molecule has 1 aromatic carbocycles. The summed E-state index contributed by atoms with van der Waals surface area (Å²) < 4.78 is 7.43. The average Bonchev–Trinajstić information content (AvgIpc) is 3.09. The van der Waals surface area contributed by atoms with Gasteiger partial charge in [-0.05, 0) is 49.7 Å². The molecule has 0 unspecified atom stereocenters. The van der Waals surface area contributed by atoms with Crippen LogP contribution in [0.2, 0.25) is 0 Å². The van der Waals surface area contributed by atoms with Crippen LogP contribution in [-0.4, -0.2) is 19.8 Å². The molecule has 1 radical (unpaired) electrons. The molecule has 0 aliphatic rings. The number of benzene rings is 1. The predicted molar refractivity (Wildman–Crippen MR) is 103 cm³/mol.